The molecule has 0 saturated carbocycles. The number of rotatable bonds is 4. The molecule has 82 valence electrons. The van der Waals surface area contributed by atoms with E-state index in [2.05, 4.69) is 37.2 Å². The summed E-state index contributed by atoms with van der Waals surface area (Å²) in [7, 11) is 1.54. The Kier molecular flexibility index (Phi) is 5.11. The summed E-state index contributed by atoms with van der Waals surface area (Å²) in [5, 5.41) is 3.50. The van der Waals surface area contributed by atoms with Gasteiger partial charge in [0.05, 0.1) is 12.7 Å². The van der Waals surface area contributed by atoms with E-state index >= 15 is 0 Å². The molecule has 3 nitrogen and oxygen atoms in total. The van der Waals surface area contributed by atoms with Crippen molar-refractivity contribution in [2.24, 2.45) is 0 Å². The van der Waals surface area contributed by atoms with Crippen LogP contribution >= 0.6 is 31.9 Å². The summed E-state index contributed by atoms with van der Waals surface area (Å²) in [6.07, 6.45) is 0. The molecule has 1 aromatic carbocycles. The molecule has 0 radical (unpaired) electrons. The van der Waals surface area contributed by atoms with Crippen molar-refractivity contribution in [2.45, 2.75) is 0 Å². The molecule has 0 bridgehead atoms. The normalized spacial score (nSPS) is 9.80. The highest BCUT2D eigenvalue weighted by Crippen LogP contribution is 2.23. The number of ether oxygens (including phenoxy) is 1. The summed E-state index contributed by atoms with van der Waals surface area (Å²) in [5.41, 5.74) is 0.543. The summed E-state index contributed by atoms with van der Waals surface area (Å²) in [6.45, 7) is 0.595. The molecule has 1 N–H and O–H groups in total. The van der Waals surface area contributed by atoms with Gasteiger partial charge in [0.1, 0.15) is 5.75 Å². The van der Waals surface area contributed by atoms with Crippen molar-refractivity contribution in [3.63, 3.8) is 0 Å². The van der Waals surface area contributed by atoms with Gasteiger partial charge in [0.2, 0.25) is 0 Å². The lowest BCUT2D eigenvalue weighted by molar-refractivity contribution is 0.0953. The number of amides is 1. The Labute approximate surface area is 105 Å². The Bertz CT molecular complexity index is 355. The second-order valence-electron chi connectivity index (χ2n) is 2.79. The number of benzene rings is 1. The Morgan fingerprint density at radius 1 is 1.53 bits per heavy atom. The SMILES string of the molecule is COc1cc(Br)ccc1C(=O)NCCBr. The van der Waals surface area contributed by atoms with Crippen LogP contribution in [0.15, 0.2) is 22.7 Å². The maximum Gasteiger partial charge on any atom is 0.255 e. The van der Waals surface area contributed by atoms with Gasteiger partial charge >= 0.3 is 0 Å². The Hall–Kier alpha value is -0.550. The minimum atomic E-state index is -0.126. The van der Waals surface area contributed by atoms with Gasteiger partial charge in [0.25, 0.3) is 5.91 Å². The predicted molar refractivity (Wildman–Crippen MR) is 66.8 cm³/mol. The first kappa shape index (κ1) is 12.5. The summed E-state index contributed by atoms with van der Waals surface area (Å²) in [4.78, 5) is 11.7. The number of alkyl halides is 1. The quantitative estimate of drug-likeness (QED) is 0.858. The van der Waals surface area contributed by atoms with E-state index in [0.717, 1.165) is 9.80 Å². The molecule has 0 aromatic heterocycles. The Balaban J connectivity index is 2.87. The molecule has 1 aromatic rings. The summed E-state index contributed by atoms with van der Waals surface area (Å²) < 4.78 is 6.01. The maximum absolute atomic E-state index is 11.7. The van der Waals surface area contributed by atoms with E-state index in [1.54, 1.807) is 19.2 Å². The molecule has 1 amide bonds. The Morgan fingerprint density at radius 2 is 2.27 bits per heavy atom. The molecule has 0 aliphatic heterocycles. The van der Waals surface area contributed by atoms with Crippen LogP contribution in [0.4, 0.5) is 0 Å². The van der Waals surface area contributed by atoms with E-state index in [1.807, 2.05) is 6.07 Å². The zero-order chi connectivity index (χ0) is 11.3. The van der Waals surface area contributed by atoms with Crippen molar-refractivity contribution in [3.8, 4) is 5.75 Å². The van der Waals surface area contributed by atoms with Gasteiger partial charge in [0, 0.05) is 16.3 Å². The highest BCUT2D eigenvalue weighted by atomic mass is 79.9. The molecule has 0 spiro atoms. The second-order valence-corrected chi connectivity index (χ2v) is 4.50. The fourth-order valence-corrected chi connectivity index (χ4v) is 1.65. The van der Waals surface area contributed by atoms with Crippen molar-refractivity contribution in [1.82, 2.24) is 5.32 Å². The lowest BCUT2D eigenvalue weighted by Crippen LogP contribution is -2.25. The van der Waals surface area contributed by atoms with E-state index in [1.165, 1.54) is 0 Å². The van der Waals surface area contributed by atoms with Crippen molar-refractivity contribution < 1.29 is 9.53 Å². The minimum Gasteiger partial charge on any atom is -0.496 e. The first-order valence-corrected chi connectivity index (χ1v) is 6.28. The molecule has 5 heteroatoms. The number of hydrogen-bond donors (Lipinski definition) is 1. The van der Waals surface area contributed by atoms with Gasteiger partial charge in [-0.05, 0) is 18.2 Å². The topological polar surface area (TPSA) is 38.3 Å². The van der Waals surface area contributed by atoms with E-state index in [4.69, 9.17) is 4.74 Å². The van der Waals surface area contributed by atoms with Crippen LogP contribution in [-0.2, 0) is 0 Å². The average Bonchev–Trinajstić information content (AvgIpc) is 2.25. The van der Waals surface area contributed by atoms with Crippen molar-refractivity contribution in [3.05, 3.63) is 28.2 Å². The first-order chi connectivity index (χ1) is 7.19. The third kappa shape index (κ3) is 3.50. The third-order valence-corrected chi connectivity index (χ3v) is 2.68. The minimum absolute atomic E-state index is 0.126. The molecule has 0 unspecified atom stereocenters. The lowest BCUT2D eigenvalue weighted by Gasteiger charge is -2.08. The number of methoxy groups -OCH3 is 1. The van der Waals surface area contributed by atoms with Crippen LogP contribution in [-0.4, -0.2) is 24.9 Å². The summed E-state index contributed by atoms with van der Waals surface area (Å²) in [5.74, 6) is 0.440. The van der Waals surface area contributed by atoms with E-state index in [9.17, 15) is 4.79 Å². The number of hydrogen-bond acceptors (Lipinski definition) is 2. The fourth-order valence-electron chi connectivity index (χ4n) is 1.11. The Morgan fingerprint density at radius 3 is 2.87 bits per heavy atom. The standard InChI is InChI=1S/C10H11Br2NO2/c1-15-9-6-7(12)2-3-8(9)10(14)13-5-4-11/h2-3,6H,4-5H2,1H3,(H,13,14). The smallest absolute Gasteiger partial charge is 0.255 e. The lowest BCUT2D eigenvalue weighted by atomic mass is 10.2. The monoisotopic (exact) mass is 335 g/mol. The molecule has 0 fully saturated rings. The van der Waals surface area contributed by atoms with Crippen LogP contribution in [0.5, 0.6) is 5.75 Å². The molecular weight excluding hydrogens is 326 g/mol. The highest BCUT2D eigenvalue weighted by Gasteiger charge is 2.11. The van der Waals surface area contributed by atoms with Gasteiger partial charge in [-0.3, -0.25) is 4.79 Å². The predicted octanol–water partition coefficient (Wildman–Crippen LogP) is 2.58. The molecule has 0 aliphatic carbocycles. The first-order valence-electron chi connectivity index (χ1n) is 4.36. The molecule has 0 saturated heterocycles. The van der Waals surface area contributed by atoms with Crippen LogP contribution in [0.3, 0.4) is 0 Å². The number of nitrogens with one attached hydrogen (secondary N) is 1. The molecule has 0 heterocycles. The number of halogens is 2. The molecular formula is C10H11Br2NO2. The third-order valence-electron chi connectivity index (χ3n) is 1.79. The van der Waals surface area contributed by atoms with Gasteiger partial charge < -0.3 is 10.1 Å². The largest absolute Gasteiger partial charge is 0.496 e. The zero-order valence-corrected chi connectivity index (χ0v) is 11.4. The van der Waals surface area contributed by atoms with E-state index < -0.39 is 0 Å². The van der Waals surface area contributed by atoms with Crippen molar-refractivity contribution in [1.29, 1.82) is 0 Å². The van der Waals surface area contributed by atoms with Crippen molar-refractivity contribution >= 4 is 37.8 Å². The van der Waals surface area contributed by atoms with Gasteiger partial charge in [-0.2, -0.15) is 0 Å². The molecule has 0 aliphatic rings. The highest BCUT2D eigenvalue weighted by molar-refractivity contribution is 9.10. The van der Waals surface area contributed by atoms with E-state index in [0.29, 0.717) is 17.9 Å². The van der Waals surface area contributed by atoms with Gasteiger partial charge in [0.15, 0.2) is 0 Å². The number of carbonyl (C=O) groups is 1. The van der Waals surface area contributed by atoms with E-state index in [-0.39, 0.29) is 5.91 Å². The fraction of sp³-hybridized carbons (Fsp3) is 0.300. The maximum atomic E-state index is 11.7. The van der Waals surface area contributed by atoms with Crippen molar-refractivity contribution in [2.75, 3.05) is 19.0 Å². The van der Waals surface area contributed by atoms with Gasteiger partial charge in [-0.1, -0.05) is 31.9 Å². The van der Waals surface area contributed by atoms with Gasteiger partial charge in [-0.15, -0.1) is 0 Å². The average molecular weight is 337 g/mol. The van der Waals surface area contributed by atoms with Crippen LogP contribution in [0.1, 0.15) is 10.4 Å². The second kappa shape index (κ2) is 6.12. The molecule has 15 heavy (non-hydrogen) atoms. The van der Waals surface area contributed by atoms with Crippen LogP contribution < -0.4 is 10.1 Å². The van der Waals surface area contributed by atoms with Crippen LogP contribution in [0.2, 0.25) is 0 Å². The van der Waals surface area contributed by atoms with Crippen LogP contribution in [0.25, 0.3) is 0 Å². The molecule has 0 atom stereocenters. The summed E-state index contributed by atoms with van der Waals surface area (Å²) >= 11 is 6.56. The number of carbonyl (C=O) groups excluding carboxylic acids is 1. The van der Waals surface area contributed by atoms with Crippen LogP contribution in [0, 0.1) is 0 Å². The van der Waals surface area contributed by atoms with Gasteiger partial charge in [-0.25, -0.2) is 0 Å². The summed E-state index contributed by atoms with van der Waals surface area (Å²) in [6, 6.07) is 5.31. The molecule has 1 rings (SSSR count). The zero-order valence-electron chi connectivity index (χ0n) is 8.22.